The van der Waals surface area contributed by atoms with E-state index in [1.54, 1.807) is 20.8 Å². The summed E-state index contributed by atoms with van der Waals surface area (Å²) in [5.41, 5.74) is -1.56. The minimum Gasteiger partial charge on any atom is -0.457 e. The van der Waals surface area contributed by atoms with Crippen LogP contribution in [0.1, 0.15) is 46.5 Å². The Bertz CT molecular complexity index is 246. The van der Waals surface area contributed by atoms with Gasteiger partial charge in [0.2, 0.25) is 5.60 Å². The van der Waals surface area contributed by atoms with Crippen LogP contribution in [0.3, 0.4) is 0 Å². The lowest BCUT2D eigenvalue weighted by Gasteiger charge is -2.29. The topological polar surface area (TPSA) is 52.6 Å². The zero-order chi connectivity index (χ0) is 11.5. The van der Waals surface area contributed by atoms with E-state index in [-0.39, 0.29) is 0 Å². The third-order valence-corrected chi connectivity index (χ3v) is 2.46. The number of carbonyl (C=O) groups excluding carboxylic acids is 2. The van der Waals surface area contributed by atoms with Crippen molar-refractivity contribution < 1.29 is 19.1 Å². The SMILES string of the molecule is CC(C)(C)OC(=O)C1(OC=O)CCCC1. The summed E-state index contributed by atoms with van der Waals surface area (Å²) in [5, 5.41) is 0. The normalized spacial score (nSPS) is 19.7. The molecule has 0 radical (unpaired) electrons. The van der Waals surface area contributed by atoms with Crippen molar-refractivity contribution in [3.63, 3.8) is 0 Å². The van der Waals surface area contributed by atoms with Gasteiger partial charge in [-0.3, -0.25) is 4.79 Å². The molecule has 0 heterocycles. The lowest BCUT2D eigenvalue weighted by Crippen LogP contribution is -2.43. The summed E-state index contributed by atoms with van der Waals surface area (Å²) in [5.74, 6) is -0.417. The van der Waals surface area contributed by atoms with Crippen molar-refractivity contribution >= 4 is 12.4 Å². The van der Waals surface area contributed by atoms with E-state index < -0.39 is 17.2 Å². The lowest BCUT2D eigenvalue weighted by atomic mass is 10.0. The second-order valence-corrected chi connectivity index (χ2v) is 4.92. The standard InChI is InChI=1S/C11H18O4/c1-10(2,3)15-9(13)11(14-8-12)6-4-5-7-11/h8H,4-7H2,1-3H3. The molecule has 0 bridgehead atoms. The van der Waals surface area contributed by atoms with Crippen LogP contribution in [0.15, 0.2) is 0 Å². The average molecular weight is 214 g/mol. The number of rotatable bonds is 3. The van der Waals surface area contributed by atoms with Crippen molar-refractivity contribution in [3.8, 4) is 0 Å². The van der Waals surface area contributed by atoms with Gasteiger partial charge in [-0.15, -0.1) is 0 Å². The molecule has 1 rings (SSSR count). The fourth-order valence-corrected chi connectivity index (χ4v) is 1.78. The Balaban J connectivity index is 2.72. The van der Waals surface area contributed by atoms with Gasteiger partial charge >= 0.3 is 5.97 Å². The maximum atomic E-state index is 11.9. The van der Waals surface area contributed by atoms with Crippen LogP contribution in [0.5, 0.6) is 0 Å². The first kappa shape index (κ1) is 12.0. The van der Waals surface area contributed by atoms with Crippen LogP contribution in [-0.4, -0.2) is 23.6 Å². The highest BCUT2D eigenvalue weighted by Crippen LogP contribution is 2.34. The zero-order valence-electron chi connectivity index (χ0n) is 9.54. The monoisotopic (exact) mass is 214 g/mol. The van der Waals surface area contributed by atoms with Gasteiger partial charge in [-0.2, -0.15) is 0 Å². The molecule has 0 atom stereocenters. The Morgan fingerprint density at radius 2 is 1.80 bits per heavy atom. The van der Waals surface area contributed by atoms with Crippen LogP contribution in [-0.2, 0) is 19.1 Å². The van der Waals surface area contributed by atoms with Crippen molar-refractivity contribution in [2.75, 3.05) is 0 Å². The van der Waals surface area contributed by atoms with E-state index in [1.165, 1.54) is 0 Å². The molecule has 0 aromatic carbocycles. The lowest BCUT2D eigenvalue weighted by molar-refractivity contribution is -0.184. The van der Waals surface area contributed by atoms with E-state index in [4.69, 9.17) is 9.47 Å². The van der Waals surface area contributed by atoms with Crippen molar-refractivity contribution in [1.82, 2.24) is 0 Å². The Hall–Kier alpha value is -1.06. The first-order valence-corrected chi connectivity index (χ1v) is 5.25. The molecule has 0 aliphatic heterocycles. The average Bonchev–Trinajstić information content (AvgIpc) is 2.51. The minimum absolute atomic E-state index is 0.342. The van der Waals surface area contributed by atoms with Crippen LogP contribution in [0.2, 0.25) is 0 Å². The summed E-state index contributed by atoms with van der Waals surface area (Å²) >= 11 is 0. The maximum absolute atomic E-state index is 11.9. The summed E-state index contributed by atoms with van der Waals surface area (Å²) in [6.45, 7) is 5.74. The molecule has 86 valence electrons. The van der Waals surface area contributed by atoms with E-state index in [0.717, 1.165) is 12.8 Å². The molecule has 4 nitrogen and oxygen atoms in total. The van der Waals surface area contributed by atoms with Gasteiger partial charge in [0.15, 0.2) is 0 Å². The van der Waals surface area contributed by atoms with E-state index in [1.807, 2.05) is 0 Å². The summed E-state index contributed by atoms with van der Waals surface area (Å²) < 4.78 is 10.2. The Morgan fingerprint density at radius 3 is 2.20 bits per heavy atom. The van der Waals surface area contributed by atoms with Crippen LogP contribution in [0.25, 0.3) is 0 Å². The third kappa shape index (κ3) is 2.94. The van der Waals surface area contributed by atoms with Crippen molar-refractivity contribution in [3.05, 3.63) is 0 Å². The number of hydrogen-bond donors (Lipinski definition) is 0. The van der Waals surface area contributed by atoms with Gasteiger partial charge < -0.3 is 9.47 Å². The number of hydrogen-bond acceptors (Lipinski definition) is 4. The Morgan fingerprint density at radius 1 is 1.27 bits per heavy atom. The predicted octanol–water partition coefficient (Wildman–Crippen LogP) is 1.81. The molecule has 0 unspecified atom stereocenters. The number of esters is 1. The Labute approximate surface area is 89.9 Å². The van der Waals surface area contributed by atoms with Gasteiger partial charge in [-0.05, 0) is 46.5 Å². The van der Waals surface area contributed by atoms with Crippen LogP contribution in [0, 0.1) is 0 Å². The number of ether oxygens (including phenoxy) is 2. The first-order chi connectivity index (χ1) is 6.90. The van der Waals surface area contributed by atoms with Crippen molar-refractivity contribution in [2.45, 2.75) is 57.7 Å². The van der Waals surface area contributed by atoms with Crippen LogP contribution >= 0.6 is 0 Å². The molecule has 4 heteroatoms. The molecular formula is C11H18O4. The maximum Gasteiger partial charge on any atom is 0.351 e. The van der Waals surface area contributed by atoms with Crippen molar-refractivity contribution in [2.24, 2.45) is 0 Å². The van der Waals surface area contributed by atoms with Gasteiger partial charge in [0.1, 0.15) is 5.60 Å². The molecule has 0 saturated heterocycles. The quantitative estimate of drug-likeness (QED) is 0.531. The van der Waals surface area contributed by atoms with E-state index in [2.05, 4.69) is 0 Å². The minimum atomic E-state index is -1.02. The number of carbonyl (C=O) groups is 2. The molecule has 1 aliphatic carbocycles. The second kappa shape index (κ2) is 4.21. The fourth-order valence-electron chi connectivity index (χ4n) is 1.78. The smallest absolute Gasteiger partial charge is 0.351 e. The third-order valence-electron chi connectivity index (χ3n) is 2.46. The van der Waals surface area contributed by atoms with E-state index in [0.29, 0.717) is 19.3 Å². The predicted molar refractivity (Wildman–Crippen MR) is 54.2 cm³/mol. The van der Waals surface area contributed by atoms with Gasteiger partial charge in [0.25, 0.3) is 6.47 Å². The van der Waals surface area contributed by atoms with Gasteiger partial charge in [-0.1, -0.05) is 0 Å². The summed E-state index contributed by atoms with van der Waals surface area (Å²) in [6, 6.07) is 0. The molecule has 15 heavy (non-hydrogen) atoms. The molecule has 1 saturated carbocycles. The van der Waals surface area contributed by atoms with Gasteiger partial charge in [-0.25, -0.2) is 4.79 Å². The highest BCUT2D eigenvalue weighted by Gasteiger charge is 2.46. The summed E-state index contributed by atoms with van der Waals surface area (Å²) in [6.07, 6.45) is 2.93. The van der Waals surface area contributed by atoms with Gasteiger partial charge in [0.05, 0.1) is 0 Å². The highest BCUT2D eigenvalue weighted by atomic mass is 16.6. The Kier molecular flexibility index (Phi) is 3.37. The molecule has 0 N–H and O–H groups in total. The molecule has 0 amide bonds. The van der Waals surface area contributed by atoms with E-state index >= 15 is 0 Å². The molecule has 0 aromatic heterocycles. The molecular weight excluding hydrogens is 196 g/mol. The molecule has 0 aromatic rings. The zero-order valence-corrected chi connectivity index (χ0v) is 9.54. The highest BCUT2D eigenvalue weighted by molar-refractivity contribution is 5.81. The fraction of sp³-hybridized carbons (Fsp3) is 0.818. The van der Waals surface area contributed by atoms with Gasteiger partial charge in [0, 0.05) is 0 Å². The first-order valence-electron chi connectivity index (χ1n) is 5.25. The summed E-state index contributed by atoms with van der Waals surface area (Å²) in [7, 11) is 0. The largest absolute Gasteiger partial charge is 0.457 e. The second-order valence-electron chi connectivity index (χ2n) is 4.92. The molecule has 1 fully saturated rings. The van der Waals surface area contributed by atoms with Crippen LogP contribution < -0.4 is 0 Å². The summed E-state index contributed by atoms with van der Waals surface area (Å²) in [4.78, 5) is 22.3. The molecule has 1 aliphatic rings. The molecule has 0 spiro atoms. The van der Waals surface area contributed by atoms with Crippen LogP contribution in [0.4, 0.5) is 0 Å². The van der Waals surface area contributed by atoms with Crippen molar-refractivity contribution in [1.29, 1.82) is 0 Å². The van der Waals surface area contributed by atoms with E-state index in [9.17, 15) is 9.59 Å².